The Hall–Kier alpha value is -3.97. The van der Waals surface area contributed by atoms with Gasteiger partial charge >= 0.3 is 0 Å². The van der Waals surface area contributed by atoms with Crippen LogP contribution < -0.4 is 10.6 Å². The number of nitriles is 1. The van der Waals surface area contributed by atoms with Crippen LogP contribution in [0.5, 0.6) is 0 Å². The van der Waals surface area contributed by atoms with E-state index in [0.717, 1.165) is 58.7 Å². The average molecular weight is 483 g/mol. The molecule has 36 heavy (non-hydrogen) atoms. The van der Waals surface area contributed by atoms with Crippen LogP contribution in [0.25, 0.3) is 22.0 Å². The molecule has 0 aliphatic carbocycles. The molecule has 0 radical (unpaired) electrons. The molecule has 0 saturated carbocycles. The summed E-state index contributed by atoms with van der Waals surface area (Å²) in [5, 5.41) is 28.6. The Kier molecular flexibility index (Phi) is 5.77. The van der Waals surface area contributed by atoms with E-state index in [-0.39, 0.29) is 0 Å². The second-order valence-electron chi connectivity index (χ2n) is 9.94. The second kappa shape index (κ2) is 9.24. The van der Waals surface area contributed by atoms with E-state index in [1.165, 1.54) is 12.8 Å². The van der Waals surface area contributed by atoms with Crippen LogP contribution in [0.1, 0.15) is 37.8 Å². The first kappa shape index (κ1) is 22.5. The first-order valence-electron chi connectivity index (χ1n) is 12.5. The largest absolute Gasteiger partial charge is 0.351 e. The fourth-order valence-electron chi connectivity index (χ4n) is 5.76. The number of benzene rings is 1. The summed E-state index contributed by atoms with van der Waals surface area (Å²) in [6.45, 7) is 2.85. The molecule has 184 valence electrons. The fraction of sp³-hybridized carbons (Fsp3) is 0.423. The second-order valence-corrected chi connectivity index (χ2v) is 9.94. The Morgan fingerprint density at radius 2 is 1.97 bits per heavy atom. The minimum Gasteiger partial charge on any atom is -0.351 e. The number of aromatic nitrogens is 6. The van der Waals surface area contributed by atoms with Gasteiger partial charge in [0.05, 0.1) is 17.8 Å². The van der Waals surface area contributed by atoms with Gasteiger partial charge in [0.15, 0.2) is 5.82 Å². The molecule has 0 spiro atoms. The molecule has 1 aromatic carbocycles. The van der Waals surface area contributed by atoms with E-state index >= 15 is 0 Å². The summed E-state index contributed by atoms with van der Waals surface area (Å²) >= 11 is 0. The number of hydrogen-bond acceptors (Lipinski definition) is 8. The van der Waals surface area contributed by atoms with Crippen LogP contribution in [0.3, 0.4) is 0 Å². The van der Waals surface area contributed by atoms with Crippen LogP contribution in [0.2, 0.25) is 0 Å². The summed E-state index contributed by atoms with van der Waals surface area (Å²) in [4.78, 5) is 12.4. The molecule has 10 nitrogen and oxygen atoms in total. The highest BCUT2D eigenvalue weighted by Gasteiger charge is 2.40. The van der Waals surface area contributed by atoms with Gasteiger partial charge in [-0.05, 0) is 50.3 Å². The highest BCUT2D eigenvalue weighted by Crippen LogP contribution is 2.37. The zero-order chi connectivity index (χ0) is 24.6. The van der Waals surface area contributed by atoms with Crippen molar-refractivity contribution in [2.45, 2.75) is 57.2 Å². The molecule has 3 N–H and O–H groups in total. The van der Waals surface area contributed by atoms with Crippen LogP contribution in [0.4, 0.5) is 17.6 Å². The zero-order valence-electron chi connectivity index (χ0n) is 20.6. The van der Waals surface area contributed by atoms with Crippen LogP contribution >= 0.6 is 0 Å². The lowest BCUT2D eigenvalue weighted by molar-refractivity contribution is 0.135. The van der Waals surface area contributed by atoms with Crippen molar-refractivity contribution in [3.63, 3.8) is 0 Å². The first-order valence-corrected chi connectivity index (χ1v) is 12.5. The van der Waals surface area contributed by atoms with Crippen molar-refractivity contribution in [2.75, 3.05) is 17.2 Å². The molecular formula is C26H30N10. The molecule has 2 aliphatic rings. The highest BCUT2D eigenvalue weighted by atomic mass is 15.3. The van der Waals surface area contributed by atoms with Crippen molar-refractivity contribution in [1.82, 2.24) is 34.8 Å². The molecule has 5 heterocycles. The van der Waals surface area contributed by atoms with Gasteiger partial charge in [0, 0.05) is 67.0 Å². The molecule has 3 aromatic heterocycles. The van der Waals surface area contributed by atoms with Gasteiger partial charge in [-0.25, -0.2) is 4.98 Å². The third-order valence-electron chi connectivity index (χ3n) is 7.39. The van der Waals surface area contributed by atoms with E-state index in [2.05, 4.69) is 55.1 Å². The third-order valence-corrected chi connectivity index (χ3v) is 7.39. The molecule has 6 rings (SSSR count). The highest BCUT2D eigenvalue weighted by molar-refractivity contribution is 5.94. The number of nitrogens with zero attached hydrogens (tertiary/aromatic N) is 7. The van der Waals surface area contributed by atoms with E-state index < -0.39 is 0 Å². The lowest BCUT2D eigenvalue weighted by Gasteiger charge is -2.38. The molecule has 2 aliphatic heterocycles. The maximum atomic E-state index is 9.03. The maximum absolute atomic E-state index is 9.03. The number of aromatic amines is 1. The van der Waals surface area contributed by atoms with Gasteiger partial charge in [0.25, 0.3) is 0 Å². The van der Waals surface area contributed by atoms with Crippen molar-refractivity contribution in [3.05, 3.63) is 42.4 Å². The van der Waals surface area contributed by atoms with Crippen molar-refractivity contribution in [3.8, 4) is 17.2 Å². The Labute approximate surface area is 209 Å². The number of nitrogens with one attached hydrogen (secondary N) is 3. The summed E-state index contributed by atoms with van der Waals surface area (Å²) in [5.41, 5.74) is 3.95. The van der Waals surface area contributed by atoms with E-state index in [4.69, 9.17) is 15.2 Å². The average Bonchev–Trinajstić information content (AvgIpc) is 3.54. The van der Waals surface area contributed by atoms with E-state index in [1.54, 1.807) is 4.68 Å². The van der Waals surface area contributed by atoms with Crippen LogP contribution in [-0.4, -0.2) is 59.5 Å². The molecule has 10 heteroatoms. The first-order chi connectivity index (χ1) is 17.6. The lowest BCUT2D eigenvalue weighted by atomic mass is 9.97. The zero-order valence-corrected chi connectivity index (χ0v) is 20.6. The van der Waals surface area contributed by atoms with E-state index in [1.807, 2.05) is 32.4 Å². The summed E-state index contributed by atoms with van der Waals surface area (Å²) in [7, 11) is 1.92. The van der Waals surface area contributed by atoms with Crippen molar-refractivity contribution >= 4 is 28.5 Å². The molecule has 4 aromatic rings. The van der Waals surface area contributed by atoms with Crippen LogP contribution in [-0.2, 0) is 7.05 Å². The molecule has 2 bridgehead atoms. The Bertz CT molecular complexity index is 1420. The number of rotatable bonds is 7. The number of hydrogen-bond donors (Lipinski definition) is 3. The number of fused-ring (bicyclic) bond motifs is 3. The molecular weight excluding hydrogens is 452 g/mol. The van der Waals surface area contributed by atoms with Gasteiger partial charge in [0.1, 0.15) is 5.82 Å². The summed E-state index contributed by atoms with van der Waals surface area (Å²) in [5.74, 6) is 2.07. The van der Waals surface area contributed by atoms with E-state index in [9.17, 15) is 0 Å². The monoisotopic (exact) mass is 482 g/mol. The Morgan fingerprint density at radius 1 is 1.14 bits per heavy atom. The summed E-state index contributed by atoms with van der Waals surface area (Å²) < 4.78 is 1.80. The van der Waals surface area contributed by atoms with Crippen LogP contribution in [0.15, 0.2) is 36.7 Å². The molecule has 1 unspecified atom stereocenters. The standard InChI is InChI=1S/C26H30N10/c1-16-10-24(34-33-16)31-25-22-7-4-17(18-14-28-35(2)15-18)11-23(22)30-26(32-25)29-19-12-20-5-6-21(13-19)36(20)9-3-8-27/h4,7,10-11,14-15,19-21H,3,5-6,9,12-13H2,1-2H3,(H3,29,30,31,32,33,34)/t19?,20-,21+. The predicted octanol–water partition coefficient (Wildman–Crippen LogP) is 4.13. The van der Waals surface area contributed by atoms with Gasteiger partial charge in [-0.15, -0.1) is 0 Å². The lowest BCUT2D eigenvalue weighted by Crippen LogP contribution is -2.47. The van der Waals surface area contributed by atoms with Gasteiger partial charge in [-0.3, -0.25) is 14.7 Å². The summed E-state index contributed by atoms with van der Waals surface area (Å²) in [6.07, 6.45) is 8.95. The fourth-order valence-corrected chi connectivity index (χ4v) is 5.76. The predicted molar refractivity (Wildman–Crippen MR) is 139 cm³/mol. The van der Waals surface area contributed by atoms with Gasteiger partial charge in [0.2, 0.25) is 5.95 Å². The topological polar surface area (TPSA) is 123 Å². The molecule has 2 fully saturated rings. The third kappa shape index (κ3) is 4.38. The summed E-state index contributed by atoms with van der Waals surface area (Å²) in [6, 6.07) is 11.8. The van der Waals surface area contributed by atoms with Crippen molar-refractivity contribution in [1.29, 1.82) is 5.26 Å². The number of aryl methyl sites for hydroxylation is 2. The van der Waals surface area contributed by atoms with Crippen LogP contribution in [0, 0.1) is 18.3 Å². The van der Waals surface area contributed by atoms with Gasteiger partial charge in [-0.1, -0.05) is 6.07 Å². The molecule has 0 amide bonds. The van der Waals surface area contributed by atoms with Crippen molar-refractivity contribution < 1.29 is 0 Å². The number of H-pyrrole nitrogens is 1. The Balaban J connectivity index is 1.31. The molecule has 3 atom stereocenters. The maximum Gasteiger partial charge on any atom is 0.225 e. The minimum absolute atomic E-state index is 0.306. The van der Waals surface area contributed by atoms with Gasteiger partial charge in [-0.2, -0.15) is 20.4 Å². The minimum atomic E-state index is 0.306. The Morgan fingerprint density at radius 3 is 2.67 bits per heavy atom. The van der Waals surface area contributed by atoms with Gasteiger partial charge < -0.3 is 10.6 Å². The number of piperidine rings is 1. The number of anilines is 3. The quantitative estimate of drug-likeness (QED) is 0.359. The normalized spacial score (nSPS) is 21.5. The van der Waals surface area contributed by atoms with Crippen molar-refractivity contribution in [2.24, 2.45) is 7.05 Å². The SMILES string of the molecule is Cc1cc(Nc2nc(NC3C[C@H]4CC[C@@H](C3)N4CCC#N)nc3cc(-c4cnn(C)c4)ccc23)n[nH]1. The molecule has 2 saturated heterocycles. The van der Waals surface area contributed by atoms with E-state index in [0.29, 0.717) is 30.5 Å². The smallest absolute Gasteiger partial charge is 0.225 e.